The lowest BCUT2D eigenvalue weighted by Crippen LogP contribution is -2.31. The van der Waals surface area contributed by atoms with Gasteiger partial charge < -0.3 is 18.6 Å². The van der Waals surface area contributed by atoms with E-state index in [0.29, 0.717) is 47.9 Å². The van der Waals surface area contributed by atoms with Gasteiger partial charge >= 0.3 is 5.97 Å². The average Bonchev–Trinajstić information content (AvgIpc) is 2.87. The fraction of sp³-hybridized carbons (Fsp3) is 0.185. The highest BCUT2D eigenvalue weighted by molar-refractivity contribution is 5.89. The normalized spacial score (nSPS) is 13.2. The summed E-state index contributed by atoms with van der Waals surface area (Å²) < 4.78 is 22.5. The molecule has 0 fully saturated rings. The van der Waals surface area contributed by atoms with E-state index in [1.165, 1.54) is 11.8 Å². The lowest BCUT2D eigenvalue weighted by Gasteiger charge is -2.29. The fourth-order valence-corrected chi connectivity index (χ4v) is 3.95. The number of benzene rings is 3. The molecule has 0 unspecified atom stereocenters. The van der Waals surface area contributed by atoms with E-state index in [4.69, 9.17) is 18.6 Å². The van der Waals surface area contributed by atoms with Crippen molar-refractivity contribution in [3.05, 3.63) is 99.9 Å². The van der Waals surface area contributed by atoms with Crippen LogP contribution in [0.15, 0.2) is 82.2 Å². The standard InChI is InChI=1S/C27H23NO6/c1-2-31-27(30)19-8-10-20(11-9-19)34-24-16-32-26-21(25(24)29)12-13-23-22(26)15-28(17-33-23)14-18-6-4-3-5-7-18/h3-13,16H,2,14-15,17H2,1H3. The van der Waals surface area contributed by atoms with Crippen LogP contribution in [0, 0.1) is 0 Å². The van der Waals surface area contributed by atoms with Crippen LogP contribution in [0.3, 0.4) is 0 Å². The van der Waals surface area contributed by atoms with Crippen molar-refractivity contribution >= 4 is 16.9 Å². The second-order valence-electron chi connectivity index (χ2n) is 7.94. The maximum absolute atomic E-state index is 13.1. The molecule has 7 nitrogen and oxygen atoms in total. The van der Waals surface area contributed by atoms with Crippen LogP contribution in [0.25, 0.3) is 11.0 Å². The number of ether oxygens (including phenoxy) is 3. The van der Waals surface area contributed by atoms with Crippen LogP contribution in [0.5, 0.6) is 17.2 Å². The Morgan fingerprint density at radius 3 is 2.59 bits per heavy atom. The van der Waals surface area contributed by atoms with Crippen LogP contribution < -0.4 is 14.9 Å². The third-order valence-corrected chi connectivity index (χ3v) is 5.60. The van der Waals surface area contributed by atoms with E-state index in [2.05, 4.69) is 17.0 Å². The van der Waals surface area contributed by atoms with Gasteiger partial charge in [-0.1, -0.05) is 30.3 Å². The molecule has 0 bridgehead atoms. The first-order valence-corrected chi connectivity index (χ1v) is 11.0. The molecule has 0 atom stereocenters. The van der Waals surface area contributed by atoms with Crippen LogP contribution >= 0.6 is 0 Å². The zero-order valence-electron chi connectivity index (χ0n) is 18.7. The number of carbonyl (C=O) groups excluding carboxylic acids is 1. The minimum absolute atomic E-state index is 0.0641. The highest BCUT2D eigenvalue weighted by Crippen LogP contribution is 2.33. The Labute approximate surface area is 196 Å². The third kappa shape index (κ3) is 4.38. The first-order valence-electron chi connectivity index (χ1n) is 11.0. The van der Waals surface area contributed by atoms with Crippen molar-refractivity contribution in [1.29, 1.82) is 0 Å². The number of hydrogen-bond acceptors (Lipinski definition) is 7. The van der Waals surface area contributed by atoms with Gasteiger partial charge in [0.25, 0.3) is 0 Å². The second-order valence-corrected chi connectivity index (χ2v) is 7.94. The SMILES string of the molecule is CCOC(=O)c1ccc(Oc2coc3c4c(ccc3c2=O)OCN(Cc2ccccc2)C4)cc1. The molecule has 1 aliphatic heterocycles. The molecule has 0 saturated heterocycles. The third-order valence-electron chi connectivity index (χ3n) is 5.60. The van der Waals surface area contributed by atoms with Gasteiger partial charge in [0.1, 0.15) is 30.1 Å². The summed E-state index contributed by atoms with van der Waals surface area (Å²) in [6.07, 6.45) is 1.32. The quantitative estimate of drug-likeness (QED) is 0.372. The molecule has 2 heterocycles. The zero-order valence-corrected chi connectivity index (χ0v) is 18.7. The van der Waals surface area contributed by atoms with Gasteiger partial charge in [0.05, 0.1) is 23.1 Å². The maximum atomic E-state index is 13.1. The molecule has 0 aliphatic carbocycles. The van der Waals surface area contributed by atoms with Gasteiger partial charge in [-0.2, -0.15) is 0 Å². The minimum Gasteiger partial charge on any atom is -0.478 e. The number of hydrogen-bond donors (Lipinski definition) is 0. The summed E-state index contributed by atoms with van der Waals surface area (Å²) in [5.74, 6) is 0.778. The lowest BCUT2D eigenvalue weighted by molar-refractivity contribution is 0.0526. The molecule has 3 aromatic carbocycles. The first-order chi connectivity index (χ1) is 16.6. The van der Waals surface area contributed by atoms with Gasteiger partial charge in [0.2, 0.25) is 11.2 Å². The summed E-state index contributed by atoms with van der Waals surface area (Å²) >= 11 is 0. The molecular formula is C27H23NO6. The molecule has 0 radical (unpaired) electrons. The van der Waals surface area contributed by atoms with Crippen molar-refractivity contribution in [2.24, 2.45) is 0 Å². The summed E-state index contributed by atoms with van der Waals surface area (Å²) in [6, 6.07) is 20.0. The molecule has 1 aromatic heterocycles. The van der Waals surface area contributed by atoms with Crippen molar-refractivity contribution in [2.45, 2.75) is 20.0 Å². The van der Waals surface area contributed by atoms with Gasteiger partial charge in [-0.15, -0.1) is 0 Å². The average molecular weight is 457 g/mol. The van der Waals surface area contributed by atoms with Gasteiger partial charge in [-0.05, 0) is 48.9 Å². The molecule has 34 heavy (non-hydrogen) atoms. The van der Waals surface area contributed by atoms with E-state index in [1.54, 1.807) is 43.3 Å². The van der Waals surface area contributed by atoms with E-state index in [0.717, 1.165) is 12.1 Å². The maximum Gasteiger partial charge on any atom is 0.338 e. The minimum atomic E-state index is -0.410. The Hall–Kier alpha value is -4.10. The van der Waals surface area contributed by atoms with Crippen molar-refractivity contribution < 1.29 is 23.4 Å². The van der Waals surface area contributed by atoms with Crippen LogP contribution in [-0.4, -0.2) is 24.2 Å². The fourth-order valence-electron chi connectivity index (χ4n) is 3.95. The van der Waals surface area contributed by atoms with E-state index in [-0.39, 0.29) is 11.2 Å². The summed E-state index contributed by atoms with van der Waals surface area (Å²) in [4.78, 5) is 27.1. The zero-order chi connectivity index (χ0) is 23.5. The second kappa shape index (κ2) is 9.41. The molecule has 1 aliphatic rings. The summed E-state index contributed by atoms with van der Waals surface area (Å²) in [7, 11) is 0. The Kier molecular flexibility index (Phi) is 6.01. The van der Waals surface area contributed by atoms with Crippen LogP contribution in [0.1, 0.15) is 28.4 Å². The highest BCUT2D eigenvalue weighted by atomic mass is 16.5. The summed E-state index contributed by atoms with van der Waals surface area (Å²) in [6.45, 7) is 3.83. The van der Waals surface area contributed by atoms with Gasteiger partial charge in [-0.3, -0.25) is 9.69 Å². The summed E-state index contributed by atoms with van der Waals surface area (Å²) in [5.41, 5.74) is 2.64. The Morgan fingerprint density at radius 2 is 1.82 bits per heavy atom. The number of rotatable bonds is 6. The van der Waals surface area contributed by atoms with E-state index >= 15 is 0 Å². The van der Waals surface area contributed by atoms with Crippen molar-refractivity contribution in [2.75, 3.05) is 13.3 Å². The molecule has 5 rings (SSSR count). The molecule has 0 saturated carbocycles. The first kappa shape index (κ1) is 21.7. The van der Waals surface area contributed by atoms with Crippen LogP contribution in [0.2, 0.25) is 0 Å². The van der Waals surface area contributed by atoms with E-state index in [1.807, 2.05) is 18.2 Å². The Balaban J connectivity index is 1.39. The van der Waals surface area contributed by atoms with E-state index in [9.17, 15) is 9.59 Å². The molecule has 4 aromatic rings. The molecular weight excluding hydrogens is 434 g/mol. The monoisotopic (exact) mass is 457 g/mol. The number of nitrogens with zero attached hydrogens (tertiary/aromatic N) is 1. The summed E-state index contributed by atoms with van der Waals surface area (Å²) in [5, 5.41) is 0.421. The van der Waals surface area contributed by atoms with Crippen LogP contribution in [-0.2, 0) is 17.8 Å². The molecule has 0 amide bonds. The number of fused-ring (bicyclic) bond motifs is 3. The Bertz CT molecular complexity index is 1380. The number of carbonyl (C=O) groups is 1. The molecule has 0 N–H and O–H groups in total. The lowest BCUT2D eigenvalue weighted by atomic mass is 10.1. The topological polar surface area (TPSA) is 78.2 Å². The van der Waals surface area contributed by atoms with Gasteiger partial charge in [-0.25, -0.2) is 4.79 Å². The van der Waals surface area contributed by atoms with Gasteiger partial charge in [0, 0.05) is 13.1 Å². The Morgan fingerprint density at radius 1 is 1.03 bits per heavy atom. The highest BCUT2D eigenvalue weighted by Gasteiger charge is 2.23. The molecule has 172 valence electrons. The molecule has 0 spiro atoms. The predicted molar refractivity (Wildman–Crippen MR) is 126 cm³/mol. The predicted octanol–water partition coefficient (Wildman–Crippen LogP) is 5.11. The van der Waals surface area contributed by atoms with Crippen molar-refractivity contribution in [1.82, 2.24) is 4.90 Å². The largest absolute Gasteiger partial charge is 0.478 e. The van der Waals surface area contributed by atoms with Gasteiger partial charge in [0.15, 0.2) is 0 Å². The number of esters is 1. The smallest absolute Gasteiger partial charge is 0.338 e. The van der Waals surface area contributed by atoms with Crippen LogP contribution in [0.4, 0.5) is 0 Å². The molecule has 7 heteroatoms. The van der Waals surface area contributed by atoms with Crippen molar-refractivity contribution in [3.8, 4) is 17.2 Å². The van der Waals surface area contributed by atoms with E-state index < -0.39 is 5.97 Å². The van der Waals surface area contributed by atoms with Crippen molar-refractivity contribution in [3.63, 3.8) is 0 Å².